The highest BCUT2D eigenvalue weighted by Gasteiger charge is 2.23. The minimum absolute atomic E-state index is 0.228. The quantitative estimate of drug-likeness (QED) is 0.802. The second-order valence-corrected chi connectivity index (χ2v) is 7.00. The smallest absolute Gasteiger partial charge is 0.264 e. The summed E-state index contributed by atoms with van der Waals surface area (Å²) in [6, 6.07) is 5.49. The Balaban J connectivity index is 1.98. The summed E-state index contributed by atoms with van der Waals surface area (Å²) in [6.07, 6.45) is 2.20. The normalized spacial score (nSPS) is 17.7. The van der Waals surface area contributed by atoms with Gasteiger partial charge in [-0.1, -0.05) is 23.2 Å². The third-order valence-electron chi connectivity index (χ3n) is 3.02. The van der Waals surface area contributed by atoms with Crippen LogP contribution in [0, 0.1) is 0 Å². The molecule has 1 aliphatic heterocycles. The van der Waals surface area contributed by atoms with Crippen LogP contribution in [-0.4, -0.2) is 33.9 Å². The van der Waals surface area contributed by atoms with Gasteiger partial charge in [0, 0.05) is 18.8 Å². The van der Waals surface area contributed by atoms with Gasteiger partial charge < -0.3 is 4.90 Å². The topological polar surface area (TPSA) is 46.6 Å². The summed E-state index contributed by atoms with van der Waals surface area (Å²) >= 11 is 11.9. The molecule has 0 unspecified atom stereocenters. The fourth-order valence-electron chi connectivity index (χ4n) is 2.14. The molecule has 106 valence electrons. The molecule has 0 N–H and O–H groups in total. The first-order valence-electron chi connectivity index (χ1n) is 5.93. The third kappa shape index (κ3) is 4.24. The Morgan fingerprint density at radius 3 is 2.37 bits per heavy atom. The highest BCUT2D eigenvalue weighted by molar-refractivity contribution is 7.86. The van der Waals surface area contributed by atoms with Gasteiger partial charge in [-0.05, 0) is 31.0 Å². The van der Waals surface area contributed by atoms with Crippen molar-refractivity contribution in [1.29, 1.82) is 0 Å². The van der Waals surface area contributed by atoms with Crippen molar-refractivity contribution in [3.8, 4) is 0 Å². The van der Waals surface area contributed by atoms with Gasteiger partial charge in [0.1, 0.15) is 0 Å². The SMILES string of the molecule is CS(=O)(=O)OC1CCN(c2ccc(Cl)c(Cl)c2)CC1. The number of anilines is 1. The Hall–Kier alpha value is -0.490. The fourth-order valence-corrected chi connectivity index (χ4v) is 3.12. The van der Waals surface area contributed by atoms with Crippen LogP contribution in [-0.2, 0) is 14.3 Å². The van der Waals surface area contributed by atoms with Crippen LogP contribution in [0.4, 0.5) is 5.69 Å². The molecule has 0 spiro atoms. The molecule has 0 bridgehead atoms. The molecule has 19 heavy (non-hydrogen) atoms. The number of rotatable bonds is 3. The highest BCUT2D eigenvalue weighted by atomic mass is 35.5. The molecule has 7 heteroatoms. The maximum Gasteiger partial charge on any atom is 0.264 e. The predicted octanol–water partition coefficient (Wildman–Crippen LogP) is 2.94. The molecule has 0 amide bonds. The number of halogens is 2. The van der Waals surface area contributed by atoms with Crippen molar-refractivity contribution in [2.75, 3.05) is 24.2 Å². The average molecular weight is 324 g/mol. The van der Waals surface area contributed by atoms with Gasteiger partial charge in [0.05, 0.1) is 22.4 Å². The molecule has 0 aromatic heterocycles. The van der Waals surface area contributed by atoms with Gasteiger partial charge in [-0.3, -0.25) is 4.18 Å². The van der Waals surface area contributed by atoms with Crippen LogP contribution in [0.25, 0.3) is 0 Å². The Morgan fingerprint density at radius 2 is 1.84 bits per heavy atom. The summed E-state index contributed by atoms with van der Waals surface area (Å²) in [4.78, 5) is 2.14. The Labute approximate surface area is 123 Å². The van der Waals surface area contributed by atoms with Crippen molar-refractivity contribution >= 4 is 39.0 Å². The molecule has 1 saturated heterocycles. The Kier molecular flexibility index (Phi) is 4.61. The van der Waals surface area contributed by atoms with Crippen molar-refractivity contribution in [2.45, 2.75) is 18.9 Å². The molecule has 0 saturated carbocycles. The molecule has 2 rings (SSSR count). The van der Waals surface area contributed by atoms with Crippen LogP contribution in [0.5, 0.6) is 0 Å². The van der Waals surface area contributed by atoms with Crippen LogP contribution >= 0.6 is 23.2 Å². The van der Waals surface area contributed by atoms with Crippen LogP contribution in [0.3, 0.4) is 0 Å². The summed E-state index contributed by atoms with van der Waals surface area (Å²) in [5.41, 5.74) is 0.993. The molecule has 4 nitrogen and oxygen atoms in total. The molecule has 1 aromatic rings. The van der Waals surface area contributed by atoms with Gasteiger partial charge in [0.15, 0.2) is 0 Å². The number of benzene rings is 1. The maximum atomic E-state index is 11.1. The molecule has 0 radical (unpaired) electrons. The van der Waals surface area contributed by atoms with Crippen molar-refractivity contribution < 1.29 is 12.6 Å². The van der Waals surface area contributed by atoms with E-state index in [0.29, 0.717) is 22.9 Å². The van der Waals surface area contributed by atoms with Crippen LogP contribution in [0.1, 0.15) is 12.8 Å². The van der Waals surface area contributed by atoms with Crippen molar-refractivity contribution in [1.82, 2.24) is 0 Å². The van der Waals surface area contributed by atoms with E-state index in [-0.39, 0.29) is 6.10 Å². The van der Waals surface area contributed by atoms with E-state index in [2.05, 4.69) is 4.90 Å². The summed E-state index contributed by atoms with van der Waals surface area (Å²) < 4.78 is 27.1. The summed E-state index contributed by atoms with van der Waals surface area (Å²) in [5.74, 6) is 0. The standard InChI is InChI=1S/C12H15Cl2NO3S/c1-19(16,17)18-10-4-6-15(7-5-10)9-2-3-11(13)12(14)8-9/h2-3,8,10H,4-7H2,1H3. The van der Waals surface area contributed by atoms with Gasteiger partial charge in [0.2, 0.25) is 0 Å². The first-order chi connectivity index (χ1) is 8.85. The van der Waals surface area contributed by atoms with Crippen molar-refractivity contribution in [3.63, 3.8) is 0 Å². The molecule has 1 heterocycles. The second kappa shape index (κ2) is 5.87. The van der Waals surface area contributed by atoms with E-state index in [1.807, 2.05) is 12.1 Å². The molecule has 1 fully saturated rings. The van der Waals surface area contributed by atoms with Crippen molar-refractivity contribution in [2.24, 2.45) is 0 Å². The second-order valence-electron chi connectivity index (χ2n) is 4.59. The third-order valence-corrected chi connectivity index (χ3v) is 4.38. The fraction of sp³-hybridized carbons (Fsp3) is 0.500. The number of nitrogens with zero attached hydrogens (tertiary/aromatic N) is 1. The zero-order valence-corrected chi connectivity index (χ0v) is 12.8. The molecule has 1 aliphatic rings. The number of hydrogen-bond acceptors (Lipinski definition) is 4. The first-order valence-corrected chi connectivity index (χ1v) is 8.50. The van der Waals surface area contributed by atoms with E-state index in [0.717, 1.165) is 25.0 Å². The number of hydrogen-bond donors (Lipinski definition) is 0. The lowest BCUT2D eigenvalue weighted by atomic mass is 10.1. The zero-order chi connectivity index (χ0) is 14.0. The molecule has 0 atom stereocenters. The zero-order valence-electron chi connectivity index (χ0n) is 10.5. The average Bonchev–Trinajstić information content (AvgIpc) is 2.32. The van der Waals surface area contributed by atoms with Gasteiger partial charge in [0.25, 0.3) is 10.1 Å². The van der Waals surface area contributed by atoms with Crippen LogP contribution in [0.15, 0.2) is 18.2 Å². The molecular formula is C12H15Cl2NO3S. The summed E-state index contributed by atoms with van der Waals surface area (Å²) in [6.45, 7) is 1.47. The maximum absolute atomic E-state index is 11.1. The van der Waals surface area contributed by atoms with Crippen molar-refractivity contribution in [3.05, 3.63) is 28.2 Å². The number of piperidine rings is 1. The van der Waals surface area contributed by atoms with E-state index in [1.54, 1.807) is 6.07 Å². The predicted molar refractivity (Wildman–Crippen MR) is 77.6 cm³/mol. The Morgan fingerprint density at radius 1 is 1.21 bits per heavy atom. The minimum Gasteiger partial charge on any atom is -0.371 e. The highest BCUT2D eigenvalue weighted by Crippen LogP contribution is 2.29. The van der Waals surface area contributed by atoms with Crippen LogP contribution < -0.4 is 4.90 Å². The summed E-state index contributed by atoms with van der Waals surface area (Å²) in [5, 5.41) is 1.05. The molecule has 0 aliphatic carbocycles. The van der Waals surface area contributed by atoms with E-state index in [1.165, 1.54) is 0 Å². The van der Waals surface area contributed by atoms with E-state index < -0.39 is 10.1 Å². The van der Waals surface area contributed by atoms with Gasteiger partial charge in [-0.25, -0.2) is 0 Å². The van der Waals surface area contributed by atoms with Gasteiger partial charge in [-0.15, -0.1) is 0 Å². The van der Waals surface area contributed by atoms with E-state index >= 15 is 0 Å². The first kappa shape index (κ1) is 14.9. The monoisotopic (exact) mass is 323 g/mol. The lowest BCUT2D eigenvalue weighted by molar-refractivity contribution is 0.180. The minimum atomic E-state index is -3.38. The van der Waals surface area contributed by atoms with E-state index in [9.17, 15) is 8.42 Å². The molecule has 1 aromatic carbocycles. The largest absolute Gasteiger partial charge is 0.371 e. The summed E-state index contributed by atoms with van der Waals surface area (Å²) in [7, 11) is -3.38. The van der Waals surface area contributed by atoms with Gasteiger partial charge in [-0.2, -0.15) is 8.42 Å². The lowest BCUT2D eigenvalue weighted by Crippen LogP contribution is -2.37. The lowest BCUT2D eigenvalue weighted by Gasteiger charge is -2.33. The Bertz CT molecular complexity index is 554. The van der Waals surface area contributed by atoms with Crippen LogP contribution in [0.2, 0.25) is 10.0 Å². The molecular weight excluding hydrogens is 309 g/mol. The van der Waals surface area contributed by atoms with E-state index in [4.69, 9.17) is 27.4 Å². The van der Waals surface area contributed by atoms with Gasteiger partial charge >= 0.3 is 0 Å².